The number of nitrogens with one attached hydrogen (secondary N) is 1. The molecule has 1 aromatic heterocycles. The summed E-state index contributed by atoms with van der Waals surface area (Å²) < 4.78 is 28.8. The predicted octanol–water partition coefficient (Wildman–Crippen LogP) is 1.37. The average Bonchev–Trinajstić information content (AvgIpc) is 2.81. The highest BCUT2D eigenvalue weighted by Crippen LogP contribution is 2.21. The van der Waals surface area contributed by atoms with E-state index in [1.807, 2.05) is 27.0 Å². The van der Waals surface area contributed by atoms with Crippen LogP contribution in [0.4, 0.5) is 5.69 Å². The molecule has 0 unspecified atom stereocenters. The van der Waals surface area contributed by atoms with E-state index in [9.17, 15) is 8.42 Å². The monoisotopic (exact) mass is 308 g/mol. The fraction of sp³-hybridized carbons (Fsp3) is 0.357. The number of anilines is 1. The summed E-state index contributed by atoms with van der Waals surface area (Å²) in [5.74, 6) is 0. The van der Waals surface area contributed by atoms with Crippen LogP contribution in [0.5, 0.6) is 0 Å². The zero-order chi connectivity index (χ0) is 15.6. The Morgan fingerprint density at radius 3 is 2.57 bits per heavy atom. The van der Waals surface area contributed by atoms with E-state index in [0.29, 0.717) is 12.2 Å². The summed E-state index contributed by atoms with van der Waals surface area (Å²) in [6, 6.07) is 3.12. The number of sulfonamides is 1. The Balaban J connectivity index is 2.08. The lowest BCUT2D eigenvalue weighted by Gasteiger charge is -2.11. The van der Waals surface area contributed by atoms with E-state index in [4.69, 9.17) is 5.73 Å². The van der Waals surface area contributed by atoms with Gasteiger partial charge >= 0.3 is 0 Å². The Hall–Kier alpha value is -1.86. The molecule has 0 radical (unpaired) electrons. The second-order valence-electron chi connectivity index (χ2n) is 5.13. The fourth-order valence-corrected chi connectivity index (χ4v) is 3.12. The first-order chi connectivity index (χ1) is 9.79. The summed E-state index contributed by atoms with van der Waals surface area (Å²) in [6.07, 6.45) is 3.60. The van der Waals surface area contributed by atoms with Crippen molar-refractivity contribution in [1.29, 1.82) is 0 Å². The fourth-order valence-electron chi connectivity index (χ4n) is 1.97. The molecule has 0 aliphatic rings. The van der Waals surface area contributed by atoms with Crippen molar-refractivity contribution in [3.05, 3.63) is 41.2 Å². The summed E-state index contributed by atoms with van der Waals surface area (Å²) >= 11 is 0. The molecular formula is C14H20N4O2S. The van der Waals surface area contributed by atoms with Crippen molar-refractivity contribution in [2.45, 2.75) is 32.2 Å². The molecule has 21 heavy (non-hydrogen) atoms. The summed E-state index contributed by atoms with van der Waals surface area (Å²) in [5.41, 5.74) is 9.12. The molecule has 2 rings (SSSR count). The van der Waals surface area contributed by atoms with Crippen LogP contribution in [0, 0.1) is 20.8 Å². The van der Waals surface area contributed by atoms with Gasteiger partial charge in [0.2, 0.25) is 10.0 Å². The lowest BCUT2D eigenvalue weighted by molar-refractivity contribution is 0.560. The van der Waals surface area contributed by atoms with Gasteiger partial charge in [0, 0.05) is 18.4 Å². The third-order valence-electron chi connectivity index (χ3n) is 3.39. The number of nitrogens with zero attached hydrogens (tertiary/aromatic N) is 2. The molecule has 7 heteroatoms. The van der Waals surface area contributed by atoms with Crippen molar-refractivity contribution in [3.8, 4) is 0 Å². The number of hydrogen-bond acceptors (Lipinski definition) is 4. The number of rotatable bonds is 5. The van der Waals surface area contributed by atoms with Crippen molar-refractivity contribution in [2.24, 2.45) is 0 Å². The van der Waals surface area contributed by atoms with Gasteiger partial charge < -0.3 is 5.73 Å². The number of benzene rings is 1. The van der Waals surface area contributed by atoms with Gasteiger partial charge in [0.25, 0.3) is 0 Å². The largest absolute Gasteiger partial charge is 0.398 e. The number of aromatic nitrogens is 2. The minimum Gasteiger partial charge on any atom is -0.398 e. The highest BCUT2D eigenvalue weighted by molar-refractivity contribution is 7.89. The van der Waals surface area contributed by atoms with E-state index in [1.165, 1.54) is 6.07 Å². The predicted molar refractivity (Wildman–Crippen MR) is 82.5 cm³/mol. The Morgan fingerprint density at radius 2 is 2.00 bits per heavy atom. The standard InChI is InChI=1S/C14H20N4O2S/c1-10-8-16-18(9-10)5-4-17-21(19,20)13-6-11(2)12(3)14(15)7-13/h6-9,17H,4-5,15H2,1-3H3. The normalized spacial score (nSPS) is 11.8. The molecule has 1 aromatic carbocycles. The zero-order valence-electron chi connectivity index (χ0n) is 12.4. The van der Waals surface area contributed by atoms with Gasteiger partial charge in [0.05, 0.1) is 17.6 Å². The van der Waals surface area contributed by atoms with E-state index in [1.54, 1.807) is 16.9 Å². The molecule has 0 bridgehead atoms. The molecule has 0 fully saturated rings. The second kappa shape index (κ2) is 5.87. The highest BCUT2D eigenvalue weighted by atomic mass is 32.2. The van der Waals surface area contributed by atoms with Crippen LogP contribution < -0.4 is 10.5 Å². The van der Waals surface area contributed by atoms with Crippen LogP contribution in [0.3, 0.4) is 0 Å². The number of nitrogens with two attached hydrogens (primary N) is 1. The summed E-state index contributed by atoms with van der Waals surface area (Å²) in [6.45, 7) is 6.40. The van der Waals surface area contributed by atoms with Crippen LogP contribution in [-0.2, 0) is 16.6 Å². The Kier molecular flexibility index (Phi) is 4.34. The van der Waals surface area contributed by atoms with E-state index in [0.717, 1.165) is 16.7 Å². The summed E-state index contributed by atoms with van der Waals surface area (Å²) in [7, 11) is -3.56. The van der Waals surface area contributed by atoms with Gasteiger partial charge in [-0.25, -0.2) is 13.1 Å². The molecule has 0 amide bonds. The second-order valence-corrected chi connectivity index (χ2v) is 6.90. The van der Waals surface area contributed by atoms with Gasteiger partial charge in [0.1, 0.15) is 0 Å². The van der Waals surface area contributed by atoms with Gasteiger partial charge in [-0.2, -0.15) is 5.10 Å². The minimum atomic E-state index is -3.56. The topological polar surface area (TPSA) is 90.0 Å². The maximum absolute atomic E-state index is 12.2. The van der Waals surface area contributed by atoms with Crippen molar-refractivity contribution in [2.75, 3.05) is 12.3 Å². The lowest BCUT2D eigenvalue weighted by Crippen LogP contribution is -2.27. The maximum Gasteiger partial charge on any atom is 0.240 e. The van der Waals surface area contributed by atoms with Gasteiger partial charge in [-0.3, -0.25) is 4.68 Å². The molecule has 3 N–H and O–H groups in total. The molecule has 114 valence electrons. The smallest absolute Gasteiger partial charge is 0.240 e. The Morgan fingerprint density at radius 1 is 1.29 bits per heavy atom. The van der Waals surface area contributed by atoms with Crippen molar-refractivity contribution < 1.29 is 8.42 Å². The Labute approximate surface area is 125 Å². The molecule has 0 aliphatic carbocycles. The molecule has 1 heterocycles. The van der Waals surface area contributed by atoms with E-state index in [2.05, 4.69) is 9.82 Å². The number of aryl methyl sites for hydroxylation is 2. The Bertz CT molecular complexity index is 727. The summed E-state index contributed by atoms with van der Waals surface area (Å²) in [4.78, 5) is 0.194. The first kappa shape index (κ1) is 15.5. The molecule has 0 spiro atoms. The third-order valence-corrected chi connectivity index (χ3v) is 4.83. The molecule has 0 atom stereocenters. The molecule has 2 aromatic rings. The van der Waals surface area contributed by atoms with Crippen LogP contribution in [-0.4, -0.2) is 24.7 Å². The van der Waals surface area contributed by atoms with Crippen LogP contribution in [0.2, 0.25) is 0 Å². The van der Waals surface area contributed by atoms with Crippen LogP contribution >= 0.6 is 0 Å². The van der Waals surface area contributed by atoms with Crippen LogP contribution in [0.1, 0.15) is 16.7 Å². The molecular weight excluding hydrogens is 288 g/mol. The summed E-state index contributed by atoms with van der Waals surface area (Å²) in [5, 5.41) is 4.11. The van der Waals surface area contributed by atoms with Gasteiger partial charge in [-0.1, -0.05) is 0 Å². The van der Waals surface area contributed by atoms with Crippen molar-refractivity contribution >= 4 is 15.7 Å². The number of nitrogen functional groups attached to an aromatic ring is 1. The lowest BCUT2D eigenvalue weighted by atomic mass is 10.1. The first-order valence-corrected chi connectivity index (χ1v) is 8.13. The maximum atomic E-state index is 12.2. The van der Waals surface area contributed by atoms with Gasteiger partial charge in [-0.05, 0) is 49.6 Å². The van der Waals surface area contributed by atoms with E-state index in [-0.39, 0.29) is 11.4 Å². The van der Waals surface area contributed by atoms with Crippen LogP contribution in [0.25, 0.3) is 0 Å². The van der Waals surface area contributed by atoms with Gasteiger partial charge in [-0.15, -0.1) is 0 Å². The first-order valence-electron chi connectivity index (χ1n) is 6.65. The van der Waals surface area contributed by atoms with E-state index >= 15 is 0 Å². The van der Waals surface area contributed by atoms with E-state index < -0.39 is 10.0 Å². The van der Waals surface area contributed by atoms with Crippen molar-refractivity contribution in [1.82, 2.24) is 14.5 Å². The zero-order valence-corrected chi connectivity index (χ0v) is 13.2. The third kappa shape index (κ3) is 3.62. The van der Waals surface area contributed by atoms with Gasteiger partial charge in [0.15, 0.2) is 0 Å². The average molecular weight is 308 g/mol. The van der Waals surface area contributed by atoms with Crippen LogP contribution in [0.15, 0.2) is 29.4 Å². The minimum absolute atomic E-state index is 0.194. The highest BCUT2D eigenvalue weighted by Gasteiger charge is 2.15. The molecule has 6 nitrogen and oxygen atoms in total. The molecule has 0 saturated carbocycles. The molecule has 0 saturated heterocycles. The number of hydrogen-bond donors (Lipinski definition) is 2. The molecule has 0 aliphatic heterocycles. The quantitative estimate of drug-likeness (QED) is 0.816. The van der Waals surface area contributed by atoms with Crippen molar-refractivity contribution in [3.63, 3.8) is 0 Å². The SMILES string of the molecule is Cc1cnn(CCNS(=O)(=O)c2cc(C)c(C)c(N)c2)c1.